The Labute approximate surface area is 199 Å². The molecule has 1 aliphatic rings. The Morgan fingerprint density at radius 2 is 2.00 bits per heavy atom. The van der Waals surface area contributed by atoms with Gasteiger partial charge in [-0.3, -0.25) is 4.79 Å². The third-order valence-electron chi connectivity index (χ3n) is 6.26. The van der Waals surface area contributed by atoms with E-state index in [9.17, 15) is 9.90 Å². The van der Waals surface area contributed by atoms with Crippen molar-refractivity contribution >= 4 is 29.1 Å². The van der Waals surface area contributed by atoms with Crippen LogP contribution < -0.4 is 16.0 Å². The molecule has 33 heavy (non-hydrogen) atoms. The van der Waals surface area contributed by atoms with E-state index in [-0.39, 0.29) is 12.1 Å². The van der Waals surface area contributed by atoms with E-state index in [0.717, 1.165) is 29.2 Å². The van der Waals surface area contributed by atoms with Crippen molar-refractivity contribution in [3.63, 3.8) is 0 Å². The van der Waals surface area contributed by atoms with Crippen molar-refractivity contribution in [3.8, 4) is 0 Å². The summed E-state index contributed by atoms with van der Waals surface area (Å²) in [5.41, 5.74) is 2.89. The first-order valence-electron chi connectivity index (χ1n) is 11.1. The topological polar surface area (TPSA) is 86.3 Å². The van der Waals surface area contributed by atoms with Crippen molar-refractivity contribution in [1.29, 1.82) is 0 Å². The summed E-state index contributed by atoms with van der Waals surface area (Å²) in [6, 6.07) is 19.9. The third-order valence-corrected chi connectivity index (χ3v) is 6.63. The molecule has 0 spiro atoms. The van der Waals surface area contributed by atoms with Crippen molar-refractivity contribution in [2.75, 3.05) is 23.7 Å². The second-order valence-electron chi connectivity index (χ2n) is 8.86. The summed E-state index contributed by atoms with van der Waals surface area (Å²) >= 11 is 6.46. The van der Waals surface area contributed by atoms with E-state index in [1.807, 2.05) is 36.4 Å². The molecule has 0 radical (unpaired) electrons. The minimum absolute atomic E-state index is 0.0475. The van der Waals surface area contributed by atoms with Gasteiger partial charge in [0.2, 0.25) is 0 Å². The number of carboxylic acid groups (broad SMARTS) is 1. The highest BCUT2D eigenvalue weighted by molar-refractivity contribution is 6.31. The maximum atomic E-state index is 11.7. The van der Waals surface area contributed by atoms with E-state index in [2.05, 4.69) is 33.1 Å². The number of aliphatic carboxylic acids is 1. The van der Waals surface area contributed by atoms with E-state index < -0.39 is 11.4 Å². The van der Waals surface area contributed by atoms with Gasteiger partial charge >= 0.3 is 5.97 Å². The Balaban J connectivity index is 1.50. The monoisotopic (exact) mass is 464 g/mol. The molecular weight excluding hydrogens is 436 g/mol. The van der Waals surface area contributed by atoms with Gasteiger partial charge in [0.1, 0.15) is 5.82 Å². The van der Waals surface area contributed by atoms with E-state index in [1.165, 1.54) is 5.56 Å². The Hall–Kier alpha value is -3.09. The van der Waals surface area contributed by atoms with Crippen LogP contribution in [-0.2, 0) is 16.6 Å². The summed E-state index contributed by atoms with van der Waals surface area (Å²) in [6.07, 6.45) is 2.47. The number of carbonyl (C=O) groups is 1. The molecule has 172 valence electrons. The molecule has 0 bridgehead atoms. The first-order valence-corrected chi connectivity index (χ1v) is 11.5. The Bertz CT molecular complexity index is 1120. The number of fused-ring (bicyclic) bond motifs is 1. The predicted octanol–water partition coefficient (Wildman–Crippen LogP) is 4.88. The number of carboxylic acids is 1. The average Bonchev–Trinajstić information content (AvgIpc) is 2.83. The molecule has 2 aromatic carbocycles. The molecule has 4 rings (SSSR count). The SMILES string of the molecule is CC(C)(C(=O)O)c1ccc(Cl)c(CCN[C@H](c2ccccc2)[C@H]2CNc3cccnc3N2)c1. The van der Waals surface area contributed by atoms with Gasteiger partial charge in [0.05, 0.1) is 23.2 Å². The van der Waals surface area contributed by atoms with Crippen molar-refractivity contribution in [2.45, 2.75) is 37.8 Å². The van der Waals surface area contributed by atoms with Crippen LogP contribution in [0.5, 0.6) is 0 Å². The molecule has 0 amide bonds. The minimum Gasteiger partial charge on any atom is -0.481 e. The van der Waals surface area contributed by atoms with Crippen molar-refractivity contribution in [1.82, 2.24) is 10.3 Å². The number of nitrogens with one attached hydrogen (secondary N) is 3. The highest BCUT2D eigenvalue weighted by Crippen LogP contribution is 2.30. The summed E-state index contributed by atoms with van der Waals surface area (Å²) in [6.45, 7) is 4.86. The van der Waals surface area contributed by atoms with Crippen LogP contribution in [0.25, 0.3) is 0 Å². The van der Waals surface area contributed by atoms with Crippen LogP contribution in [0.3, 0.4) is 0 Å². The zero-order valence-corrected chi connectivity index (χ0v) is 19.6. The molecular formula is C26H29ClN4O2. The zero-order chi connectivity index (χ0) is 23.4. The lowest BCUT2D eigenvalue weighted by Gasteiger charge is -2.34. The van der Waals surface area contributed by atoms with E-state index >= 15 is 0 Å². The fraction of sp³-hybridized carbons (Fsp3) is 0.308. The zero-order valence-electron chi connectivity index (χ0n) is 18.8. The van der Waals surface area contributed by atoms with Crippen molar-refractivity contribution in [3.05, 3.63) is 88.6 Å². The first kappa shape index (κ1) is 23.1. The molecule has 0 fully saturated rings. The molecule has 1 aromatic heterocycles. The fourth-order valence-electron chi connectivity index (χ4n) is 4.10. The van der Waals surface area contributed by atoms with E-state index in [1.54, 1.807) is 32.2 Å². The second-order valence-corrected chi connectivity index (χ2v) is 9.27. The number of aromatic nitrogens is 1. The quantitative estimate of drug-likeness (QED) is 0.380. The molecule has 4 N–H and O–H groups in total. The molecule has 3 aromatic rings. The van der Waals surface area contributed by atoms with Crippen LogP contribution in [0, 0.1) is 0 Å². The van der Waals surface area contributed by atoms with Crippen LogP contribution in [0.4, 0.5) is 11.5 Å². The van der Waals surface area contributed by atoms with Crippen LogP contribution in [0.15, 0.2) is 66.9 Å². The van der Waals surface area contributed by atoms with Crippen LogP contribution in [0.2, 0.25) is 5.02 Å². The molecule has 0 aliphatic carbocycles. The molecule has 2 atom stereocenters. The minimum atomic E-state index is -0.975. The van der Waals surface area contributed by atoms with E-state index in [0.29, 0.717) is 18.0 Å². The summed E-state index contributed by atoms with van der Waals surface area (Å²) in [5, 5.41) is 21.0. The molecule has 0 unspecified atom stereocenters. The van der Waals surface area contributed by atoms with Gasteiger partial charge in [-0.15, -0.1) is 0 Å². The smallest absolute Gasteiger partial charge is 0.313 e. The molecule has 0 saturated carbocycles. The Morgan fingerprint density at radius 3 is 2.76 bits per heavy atom. The molecule has 2 heterocycles. The van der Waals surface area contributed by atoms with Gasteiger partial charge in [-0.2, -0.15) is 0 Å². The Kier molecular flexibility index (Phi) is 6.86. The number of anilines is 2. The van der Waals surface area contributed by atoms with Gasteiger partial charge in [0.15, 0.2) is 0 Å². The lowest BCUT2D eigenvalue weighted by atomic mass is 9.84. The van der Waals surface area contributed by atoms with Crippen molar-refractivity contribution < 1.29 is 9.90 Å². The maximum absolute atomic E-state index is 11.7. The van der Waals surface area contributed by atoms with Crippen LogP contribution in [-0.4, -0.2) is 35.2 Å². The number of rotatable bonds is 8. The normalized spacial score (nSPS) is 16.3. The van der Waals surface area contributed by atoms with Crippen molar-refractivity contribution in [2.24, 2.45) is 0 Å². The average molecular weight is 465 g/mol. The van der Waals surface area contributed by atoms with Gasteiger partial charge in [-0.25, -0.2) is 4.98 Å². The summed E-state index contributed by atoms with van der Waals surface area (Å²) < 4.78 is 0. The van der Waals surface area contributed by atoms with Gasteiger partial charge in [-0.1, -0.05) is 54.1 Å². The summed E-state index contributed by atoms with van der Waals surface area (Å²) in [7, 11) is 0. The number of benzene rings is 2. The number of halogens is 1. The lowest BCUT2D eigenvalue weighted by molar-refractivity contribution is -0.142. The van der Waals surface area contributed by atoms with Gasteiger partial charge < -0.3 is 21.1 Å². The lowest BCUT2D eigenvalue weighted by Crippen LogP contribution is -2.44. The number of hydrogen-bond acceptors (Lipinski definition) is 5. The van der Waals surface area contributed by atoms with E-state index in [4.69, 9.17) is 11.6 Å². The van der Waals surface area contributed by atoms with Gasteiger partial charge in [0.25, 0.3) is 0 Å². The molecule has 0 saturated heterocycles. The molecule has 6 nitrogen and oxygen atoms in total. The first-order chi connectivity index (χ1) is 15.9. The highest BCUT2D eigenvalue weighted by Gasteiger charge is 2.30. The van der Waals surface area contributed by atoms with Crippen LogP contribution >= 0.6 is 11.6 Å². The number of pyridine rings is 1. The number of nitrogens with zero attached hydrogens (tertiary/aromatic N) is 1. The summed E-state index contributed by atoms with van der Waals surface area (Å²) in [5.74, 6) is -0.00840. The van der Waals surface area contributed by atoms with Gasteiger partial charge in [0, 0.05) is 17.8 Å². The number of hydrogen-bond donors (Lipinski definition) is 4. The third kappa shape index (κ3) is 5.13. The summed E-state index contributed by atoms with van der Waals surface area (Å²) in [4.78, 5) is 16.1. The predicted molar refractivity (Wildman–Crippen MR) is 133 cm³/mol. The molecule has 1 aliphatic heterocycles. The standard InChI is InChI=1S/C26H29ClN4O2/c1-26(2,25(32)33)19-10-11-20(27)18(15-19)12-14-28-23(17-7-4-3-5-8-17)22-16-30-21-9-6-13-29-24(21)31-22/h3-11,13,15,22-23,28,30H,12,14,16H2,1-2H3,(H,29,31)(H,32,33)/t22-,23-/m1/s1. The largest absolute Gasteiger partial charge is 0.481 e. The van der Waals surface area contributed by atoms with Crippen LogP contribution in [0.1, 0.15) is 36.6 Å². The molecule has 7 heteroatoms. The maximum Gasteiger partial charge on any atom is 0.313 e. The highest BCUT2D eigenvalue weighted by atomic mass is 35.5. The van der Waals surface area contributed by atoms with Gasteiger partial charge in [-0.05, 0) is 61.7 Å². The Morgan fingerprint density at radius 1 is 1.21 bits per heavy atom. The fourth-order valence-corrected chi connectivity index (χ4v) is 4.32. The second kappa shape index (κ2) is 9.81.